The Balaban J connectivity index is 1.70. The van der Waals surface area contributed by atoms with Gasteiger partial charge in [0.2, 0.25) is 0 Å². The van der Waals surface area contributed by atoms with E-state index in [0.717, 1.165) is 33.5 Å². The lowest BCUT2D eigenvalue weighted by Gasteiger charge is -2.18. The van der Waals surface area contributed by atoms with Crippen LogP contribution in [0.1, 0.15) is 25.1 Å². The summed E-state index contributed by atoms with van der Waals surface area (Å²) in [6.07, 6.45) is 2.80. The summed E-state index contributed by atoms with van der Waals surface area (Å²) in [5.41, 5.74) is 8.31. The summed E-state index contributed by atoms with van der Waals surface area (Å²) in [5.74, 6) is 2.40. The Hall–Kier alpha value is -0.630. The van der Waals surface area contributed by atoms with Crippen LogP contribution in [0.3, 0.4) is 0 Å². The van der Waals surface area contributed by atoms with E-state index < -0.39 is 0 Å². The Morgan fingerprint density at radius 2 is 2.08 bits per heavy atom. The summed E-state index contributed by atoms with van der Waals surface area (Å²) < 4.78 is 0. The van der Waals surface area contributed by atoms with Crippen LogP contribution in [0.2, 0.25) is 5.15 Å². The summed E-state index contributed by atoms with van der Waals surface area (Å²) in [6.45, 7) is 4.51. The van der Waals surface area contributed by atoms with Crippen molar-refractivity contribution >= 4 is 52.7 Å². The average Bonchev–Trinajstić information content (AvgIpc) is 2.83. The van der Waals surface area contributed by atoms with Crippen LogP contribution in [-0.4, -0.2) is 32.7 Å². The zero-order valence-electron chi connectivity index (χ0n) is 13.8. The first-order valence-corrected chi connectivity index (χ1v) is 11.1. The average molecular weight is 399 g/mol. The number of hydrogen-bond donors (Lipinski definition) is 1. The normalized spacial score (nSPS) is 15.5. The number of pyridine rings is 1. The fourth-order valence-corrected chi connectivity index (χ4v) is 5.48. The van der Waals surface area contributed by atoms with Gasteiger partial charge in [0.25, 0.3) is 0 Å². The minimum absolute atomic E-state index is 0.152. The number of nitrogens with zero attached hydrogens (tertiary/aromatic N) is 3. The van der Waals surface area contributed by atoms with Gasteiger partial charge in [0.15, 0.2) is 5.16 Å². The number of rotatable bonds is 5. The second-order valence-corrected chi connectivity index (χ2v) is 9.40. The lowest BCUT2D eigenvalue weighted by atomic mass is 9.87. The molecule has 0 aliphatic carbocycles. The molecular formula is C16H19ClN4S3. The standard InChI is InChI=1S/C16H19ClN4S3/c1-16(2)8-24-13-10(16)6-9(19-14(13)17)4-5-23-15-20-11(18)7-12(21-15)22-3/h6-7H,4-5,8H2,1-3H3,(H2,18,20,21). The van der Waals surface area contributed by atoms with Crippen molar-refractivity contribution in [1.82, 2.24) is 15.0 Å². The molecule has 0 unspecified atom stereocenters. The Kier molecular flexibility index (Phi) is 5.54. The minimum Gasteiger partial charge on any atom is -0.384 e. The molecule has 4 nitrogen and oxygen atoms in total. The largest absolute Gasteiger partial charge is 0.384 e. The molecule has 2 N–H and O–H groups in total. The van der Waals surface area contributed by atoms with Gasteiger partial charge in [-0.15, -0.1) is 23.5 Å². The third-order valence-electron chi connectivity index (χ3n) is 3.79. The Bertz CT molecular complexity index is 767. The Morgan fingerprint density at radius 1 is 1.29 bits per heavy atom. The number of nitrogen functional groups attached to an aromatic ring is 1. The van der Waals surface area contributed by atoms with Gasteiger partial charge < -0.3 is 5.73 Å². The molecule has 3 rings (SSSR count). The summed E-state index contributed by atoms with van der Waals surface area (Å²) in [4.78, 5) is 14.4. The summed E-state index contributed by atoms with van der Waals surface area (Å²) in [6, 6.07) is 3.99. The summed E-state index contributed by atoms with van der Waals surface area (Å²) >= 11 is 11.3. The zero-order valence-corrected chi connectivity index (χ0v) is 17.0. The molecule has 2 aromatic rings. The molecule has 128 valence electrons. The van der Waals surface area contributed by atoms with E-state index in [1.165, 1.54) is 5.56 Å². The van der Waals surface area contributed by atoms with Gasteiger partial charge in [-0.25, -0.2) is 15.0 Å². The Labute approximate surface area is 160 Å². The maximum atomic E-state index is 6.38. The van der Waals surface area contributed by atoms with Gasteiger partial charge in [-0.05, 0) is 24.3 Å². The number of nitrogens with two attached hydrogens (primary N) is 1. The third kappa shape index (κ3) is 3.95. The predicted molar refractivity (Wildman–Crippen MR) is 106 cm³/mol. The molecule has 0 bridgehead atoms. The van der Waals surface area contributed by atoms with Crippen molar-refractivity contribution in [2.24, 2.45) is 0 Å². The highest BCUT2D eigenvalue weighted by Crippen LogP contribution is 2.46. The molecule has 0 spiro atoms. The van der Waals surface area contributed by atoms with E-state index in [0.29, 0.717) is 16.1 Å². The molecule has 0 saturated heterocycles. The van der Waals surface area contributed by atoms with Crippen LogP contribution in [0.4, 0.5) is 5.82 Å². The van der Waals surface area contributed by atoms with E-state index in [2.05, 4.69) is 34.9 Å². The van der Waals surface area contributed by atoms with Crippen LogP contribution in [0, 0.1) is 0 Å². The lowest BCUT2D eigenvalue weighted by Crippen LogP contribution is -2.16. The smallest absolute Gasteiger partial charge is 0.190 e. The van der Waals surface area contributed by atoms with E-state index in [-0.39, 0.29) is 5.41 Å². The molecule has 1 aliphatic rings. The number of anilines is 1. The van der Waals surface area contributed by atoms with Gasteiger partial charge in [-0.2, -0.15) is 0 Å². The molecule has 0 atom stereocenters. The number of aryl methyl sites for hydroxylation is 1. The first-order chi connectivity index (χ1) is 11.4. The van der Waals surface area contributed by atoms with Crippen LogP contribution in [0.5, 0.6) is 0 Å². The van der Waals surface area contributed by atoms with Crippen molar-refractivity contribution in [2.75, 3.05) is 23.5 Å². The number of hydrogen-bond acceptors (Lipinski definition) is 7. The van der Waals surface area contributed by atoms with Gasteiger partial charge in [0.1, 0.15) is 16.0 Å². The number of fused-ring (bicyclic) bond motifs is 1. The fraction of sp³-hybridized carbons (Fsp3) is 0.438. The minimum atomic E-state index is 0.152. The molecule has 0 radical (unpaired) electrons. The highest BCUT2D eigenvalue weighted by molar-refractivity contribution is 8.00. The monoisotopic (exact) mass is 398 g/mol. The second kappa shape index (κ2) is 7.32. The van der Waals surface area contributed by atoms with E-state index in [1.807, 2.05) is 6.26 Å². The summed E-state index contributed by atoms with van der Waals surface area (Å²) in [7, 11) is 0. The van der Waals surface area contributed by atoms with Crippen molar-refractivity contribution < 1.29 is 0 Å². The molecule has 0 amide bonds. The molecule has 24 heavy (non-hydrogen) atoms. The summed E-state index contributed by atoms with van der Waals surface area (Å²) in [5, 5.41) is 2.23. The van der Waals surface area contributed by atoms with Gasteiger partial charge in [-0.1, -0.05) is 37.2 Å². The van der Waals surface area contributed by atoms with E-state index in [9.17, 15) is 0 Å². The van der Waals surface area contributed by atoms with Gasteiger partial charge in [0.05, 0.1) is 0 Å². The topological polar surface area (TPSA) is 64.7 Å². The maximum absolute atomic E-state index is 6.38. The lowest BCUT2D eigenvalue weighted by molar-refractivity contribution is 0.602. The van der Waals surface area contributed by atoms with Crippen LogP contribution in [0.25, 0.3) is 0 Å². The molecule has 2 aromatic heterocycles. The first kappa shape index (κ1) is 18.2. The fourth-order valence-electron chi connectivity index (χ4n) is 2.49. The maximum Gasteiger partial charge on any atom is 0.190 e. The van der Waals surface area contributed by atoms with Crippen LogP contribution < -0.4 is 5.73 Å². The van der Waals surface area contributed by atoms with E-state index >= 15 is 0 Å². The molecular weight excluding hydrogens is 380 g/mol. The zero-order chi connectivity index (χ0) is 17.3. The van der Waals surface area contributed by atoms with Crippen LogP contribution in [0.15, 0.2) is 27.2 Å². The van der Waals surface area contributed by atoms with Crippen molar-refractivity contribution in [1.29, 1.82) is 0 Å². The molecule has 0 aromatic carbocycles. The molecule has 0 fully saturated rings. The van der Waals surface area contributed by atoms with Gasteiger partial charge in [0, 0.05) is 33.6 Å². The highest BCUT2D eigenvalue weighted by Gasteiger charge is 2.33. The molecule has 8 heteroatoms. The quantitative estimate of drug-likeness (QED) is 0.343. The third-order valence-corrected chi connectivity index (χ3v) is 7.22. The van der Waals surface area contributed by atoms with Gasteiger partial charge >= 0.3 is 0 Å². The Morgan fingerprint density at radius 3 is 2.83 bits per heavy atom. The molecule has 0 saturated carbocycles. The SMILES string of the molecule is CSc1cc(N)nc(SCCc2cc3c(c(Cl)n2)SCC3(C)C)n1. The predicted octanol–water partition coefficient (Wildman–Crippen LogP) is 4.55. The van der Waals surface area contributed by atoms with Gasteiger partial charge in [-0.3, -0.25) is 0 Å². The number of thioether (sulfide) groups is 3. The van der Waals surface area contributed by atoms with Crippen molar-refractivity contribution in [3.8, 4) is 0 Å². The molecule has 3 heterocycles. The number of halogens is 1. The first-order valence-electron chi connectivity index (χ1n) is 7.53. The van der Waals surface area contributed by atoms with E-state index in [1.54, 1.807) is 41.4 Å². The second-order valence-electron chi connectivity index (χ2n) is 6.17. The van der Waals surface area contributed by atoms with Crippen molar-refractivity contribution in [3.63, 3.8) is 0 Å². The van der Waals surface area contributed by atoms with E-state index in [4.69, 9.17) is 17.3 Å². The van der Waals surface area contributed by atoms with Crippen LogP contribution >= 0.6 is 46.9 Å². The number of aromatic nitrogens is 3. The highest BCUT2D eigenvalue weighted by atomic mass is 35.5. The van der Waals surface area contributed by atoms with Crippen molar-refractivity contribution in [3.05, 3.63) is 28.5 Å². The van der Waals surface area contributed by atoms with Crippen molar-refractivity contribution in [2.45, 2.75) is 40.8 Å². The van der Waals surface area contributed by atoms with Crippen LogP contribution in [-0.2, 0) is 11.8 Å². The molecule has 1 aliphatic heterocycles.